The van der Waals surface area contributed by atoms with Crippen molar-refractivity contribution < 1.29 is 14.3 Å². The number of hydrogen-bond donors (Lipinski definition) is 0. The second-order valence-corrected chi connectivity index (χ2v) is 11.4. The third-order valence-corrected chi connectivity index (χ3v) is 7.49. The summed E-state index contributed by atoms with van der Waals surface area (Å²) in [6, 6.07) is 14.1. The third-order valence-electron chi connectivity index (χ3n) is 6.70. The summed E-state index contributed by atoms with van der Waals surface area (Å²) < 4.78 is 13.7. The van der Waals surface area contributed by atoms with E-state index in [2.05, 4.69) is 9.88 Å². The Kier molecular flexibility index (Phi) is 5.98. The second-order valence-electron chi connectivity index (χ2n) is 10.5. The predicted octanol–water partition coefficient (Wildman–Crippen LogP) is 5.02. The maximum Gasteiger partial charge on any atom is 0.410 e. The van der Waals surface area contributed by atoms with Gasteiger partial charge < -0.3 is 14.4 Å². The molecule has 2 fully saturated rings. The molecular weight excluding hydrogens is 488 g/mol. The Labute approximate surface area is 219 Å². The fourth-order valence-electron chi connectivity index (χ4n) is 5.10. The van der Waals surface area contributed by atoms with E-state index in [1.165, 1.54) is 0 Å². The van der Waals surface area contributed by atoms with Gasteiger partial charge in [-0.15, -0.1) is 16.4 Å². The number of nitrogens with zero attached hydrogens (tertiary/aromatic N) is 6. The fourth-order valence-corrected chi connectivity index (χ4v) is 5.75. The number of pyridine rings is 1. The number of rotatable bonds is 5. The minimum atomic E-state index is -0.515. The van der Waals surface area contributed by atoms with Gasteiger partial charge in [0.1, 0.15) is 22.9 Å². The zero-order valence-electron chi connectivity index (χ0n) is 21.2. The molecule has 1 amide bonds. The number of carbonyl (C=O) groups excluding carboxylic acids is 1. The second kappa shape index (κ2) is 9.33. The summed E-state index contributed by atoms with van der Waals surface area (Å²) in [4.78, 5) is 26.4. The molecule has 10 heteroatoms. The highest BCUT2D eigenvalue weighted by Crippen LogP contribution is 2.35. The summed E-state index contributed by atoms with van der Waals surface area (Å²) in [5, 5.41) is 7.73. The van der Waals surface area contributed by atoms with Gasteiger partial charge in [0.2, 0.25) is 5.95 Å². The number of fused-ring (bicyclic) bond motifs is 3. The maximum absolute atomic E-state index is 12.9. The molecule has 5 heterocycles. The Hall–Kier alpha value is -3.66. The summed E-state index contributed by atoms with van der Waals surface area (Å²) in [5.74, 6) is 1.30. The number of ether oxygens (including phenoxy) is 2. The van der Waals surface area contributed by atoms with Gasteiger partial charge in [-0.3, -0.25) is 4.90 Å². The van der Waals surface area contributed by atoms with Crippen LogP contribution in [0.4, 0.5) is 10.7 Å². The molecular formula is C27H30N6O3S. The van der Waals surface area contributed by atoms with Crippen LogP contribution in [0.15, 0.2) is 54.0 Å². The van der Waals surface area contributed by atoms with Crippen LogP contribution in [-0.4, -0.2) is 61.3 Å². The fraction of sp³-hybridized carbons (Fsp3) is 0.407. The number of amides is 1. The first-order chi connectivity index (χ1) is 17.9. The molecule has 2 unspecified atom stereocenters. The van der Waals surface area contributed by atoms with E-state index in [-0.39, 0.29) is 18.2 Å². The Balaban J connectivity index is 1.30. The van der Waals surface area contributed by atoms with Crippen molar-refractivity contribution in [2.75, 3.05) is 18.0 Å². The van der Waals surface area contributed by atoms with E-state index in [9.17, 15) is 4.79 Å². The molecule has 4 aromatic rings. The van der Waals surface area contributed by atoms with Crippen LogP contribution in [-0.2, 0) is 11.3 Å². The molecule has 0 spiro atoms. The van der Waals surface area contributed by atoms with Crippen molar-refractivity contribution >= 4 is 29.0 Å². The summed E-state index contributed by atoms with van der Waals surface area (Å²) in [5.41, 5.74) is 2.09. The summed E-state index contributed by atoms with van der Waals surface area (Å²) in [6.45, 7) is 7.48. The van der Waals surface area contributed by atoms with Crippen LogP contribution in [0.1, 0.15) is 39.2 Å². The zero-order chi connectivity index (χ0) is 25.6. The molecule has 2 atom stereocenters. The normalized spacial score (nSPS) is 19.4. The average Bonchev–Trinajstić information content (AvgIpc) is 3.61. The lowest BCUT2D eigenvalue weighted by Crippen LogP contribution is -2.57. The first-order valence-corrected chi connectivity index (χ1v) is 13.5. The topological polar surface area (TPSA) is 85.1 Å². The lowest BCUT2D eigenvalue weighted by atomic mass is 10.2. The van der Waals surface area contributed by atoms with Gasteiger partial charge in [0.25, 0.3) is 0 Å². The molecule has 0 aliphatic carbocycles. The molecule has 192 valence electrons. The van der Waals surface area contributed by atoms with Crippen molar-refractivity contribution in [3.63, 3.8) is 0 Å². The van der Waals surface area contributed by atoms with Gasteiger partial charge in [0, 0.05) is 24.7 Å². The van der Waals surface area contributed by atoms with Gasteiger partial charge in [-0.25, -0.2) is 14.3 Å². The number of piperazine rings is 1. The monoisotopic (exact) mass is 518 g/mol. The number of thiazole rings is 1. The van der Waals surface area contributed by atoms with Crippen LogP contribution in [0.3, 0.4) is 0 Å². The highest BCUT2D eigenvalue weighted by molar-refractivity contribution is 7.13. The lowest BCUT2D eigenvalue weighted by Gasteiger charge is -2.40. The van der Waals surface area contributed by atoms with Crippen LogP contribution >= 0.6 is 11.3 Å². The van der Waals surface area contributed by atoms with E-state index >= 15 is 0 Å². The van der Waals surface area contributed by atoms with Crippen LogP contribution in [0.2, 0.25) is 0 Å². The zero-order valence-corrected chi connectivity index (χ0v) is 22.0. The summed E-state index contributed by atoms with van der Waals surface area (Å²) >= 11 is 1.56. The van der Waals surface area contributed by atoms with Gasteiger partial charge in [-0.1, -0.05) is 30.3 Å². The van der Waals surface area contributed by atoms with Crippen molar-refractivity contribution in [2.45, 2.75) is 57.9 Å². The molecule has 2 bridgehead atoms. The van der Waals surface area contributed by atoms with Gasteiger partial charge in [0.05, 0.1) is 12.1 Å². The summed E-state index contributed by atoms with van der Waals surface area (Å²) in [7, 11) is 0. The van der Waals surface area contributed by atoms with Crippen molar-refractivity contribution in [1.82, 2.24) is 24.5 Å². The Bertz CT molecular complexity index is 1390. The molecule has 0 radical (unpaired) electrons. The molecule has 9 nitrogen and oxygen atoms in total. The van der Waals surface area contributed by atoms with Crippen molar-refractivity contribution in [1.29, 1.82) is 0 Å². The van der Waals surface area contributed by atoms with E-state index < -0.39 is 5.60 Å². The number of anilines is 1. The average molecular weight is 519 g/mol. The smallest absolute Gasteiger partial charge is 0.410 e. The van der Waals surface area contributed by atoms with Crippen LogP contribution < -0.4 is 9.64 Å². The molecule has 1 aromatic carbocycles. The van der Waals surface area contributed by atoms with Gasteiger partial charge in [-0.05, 0) is 51.3 Å². The third kappa shape index (κ3) is 4.73. The quantitative estimate of drug-likeness (QED) is 0.367. The number of benzene rings is 1. The lowest BCUT2D eigenvalue weighted by molar-refractivity contribution is 0.0122. The predicted molar refractivity (Wildman–Crippen MR) is 142 cm³/mol. The Morgan fingerprint density at radius 3 is 2.51 bits per heavy atom. The van der Waals surface area contributed by atoms with Crippen molar-refractivity contribution in [3.8, 4) is 16.5 Å². The van der Waals surface area contributed by atoms with Gasteiger partial charge >= 0.3 is 6.09 Å². The van der Waals surface area contributed by atoms with Crippen LogP contribution in [0, 0.1) is 0 Å². The van der Waals surface area contributed by atoms with Crippen molar-refractivity contribution in [2.24, 2.45) is 0 Å². The number of hydrogen-bond acceptors (Lipinski definition) is 8. The standard InChI is InChI=1S/C27H30N6O3S/c1-27(2,3)36-26(34)32-19-9-10-20(32)16-31(15-19)25-29-23-22(35-17-18-7-5-4-6-8-18)12-11-21(33(23)30-25)24-28-13-14-37-24/h4-8,11-14,19-20H,9-10,15-17H2,1-3H3. The highest BCUT2D eigenvalue weighted by Gasteiger charge is 2.45. The van der Waals surface area contributed by atoms with Gasteiger partial charge in [-0.2, -0.15) is 4.98 Å². The molecule has 2 aliphatic heterocycles. The number of carbonyl (C=O) groups is 1. The Morgan fingerprint density at radius 2 is 1.84 bits per heavy atom. The molecule has 0 N–H and O–H groups in total. The van der Waals surface area contributed by atoms with E-state index in [1.807, 2.05) is 78.0 Å². The van der Waals surface area contributed by atoms with E-state index in [4.69, 9.17) is 19.6 Å². The SMILES string of the molecule is CC(C)(C)OC(=O)N1C2CCC1CN(c1nc3c(OCc4ccccc4)ccc(-c4nccs4)n3n1)C2. The molecule has 0 saturated carbocycles. The largest absolute Gasteiger partial charge is 0.485 e. The number of aromatic nitrogens is 4. The molecule has 2 aliphatic rings. The molecule has 3 aromatic heterocycles. The first kappa shape index (κ1) is 23.7. The molecule has 6 rings (SSSR count). The minimum absolute atomic E-state index is 0.0763. The van der Waals surface area contributed by atoms with Crippen LogP contribution in [0.5, 0.6) is 5.75 Å². The molecule has 2 saturated heterocycles. The van der Waals surface area contributed by atoms with Crippen molar-refractivity contribution in [3.05, 3.63) is 59.6 Å². The van der Waals surface area contributed by atoms with E-state index in [1.54, 1.807) is 17.5 Å². The van der Waals surface area contributed by atoms with Crippen LogP contribution in [0.25, 0.3) is 16.3 Å². The minimum Gasteiger partial charge on any atom is -0.485 e. The molecule has 37 heavy (non-hydrogen) atoms. The van der Waals surface area contributed by atoms with Gasteiger partial charge in [0.15, 0.2) is 11.4 Å². The van der Waals surface area contributed by atoms with E-state index in [0.29, 0.717) is 37.0 Å². The Morgan fingerprint density at radius 1 is 1.08 bits per heavy atom. The summed E-state index contributed by atoms with van der Waals surface area (Å²) in [6.07, 6.45) is 3.45. The highest BCUT2D eigenvalue weighted by atomic mass is 32.1. The van der Waals surface area contributed by atoms with E-state index in [0.717, 1.165) is 29.1 Å². The maximum atomic E-state index is 12.9. The first-order valence-electron chi connectivity index (χ1n) is 12.6.